The number of carbonyl (C=O) groups is 1. The van der Waals surface area contributed by atoms with E-state index in [0.717, 1.165) is 73.0 Å². The van der Waals surface area contributed by atoms with Gasteiger partial charge >= 0.3 is 5.97 Å². The van der Waals surface area contributed by atoms with E-state index in [0.29, 0.717) is 39.7 Å². The number of hydrogen-bond donors (Lipinski definition) is 0. The number of imidazole rings is 1. The Morgan fingerprint density at radius 3 is 2.13 bits per heavy atom. The first-order valence-electron chi connectivity index (χ1n) is 16.2. The van der Waals surface area contributed by atoms with Crippen LogP contribution in [0.5, 0.6) is 0 Å². The molecule has 1 aliphatic rings. The Balaban J connectivity index is 1.63. The SMILES string of the molecule is CCCCN1\C(=C/C=C/C=C/c2n(CC)c3cc(Cl)c(Cl)cc3[n+]2CCCOC(=O)C(C)(C)CC)N(CC)c2cc(Cl)c(Cl)cc21. The molecular weight excluding hydrogens is 662 g/mol. The lowest BCUT2D eigenvalue weighted by Crippen LogP contribution is -2.37. The van der Waals surface area contributed by atoms with Gasteiger partial charge in [0.2, 0.25) is 0 Å². The number of unbranched alkanes of at least 4 members (excludes halogenated alkanes) is 1. The maximum atomic E-state index is 12.5. The number of aromatic nitrogens is 2. The Hall–Kier alpha value is -2.64. The van der Waals surface area contributed by atoms with Crippen LogP contribution in [-0.2, 0) is 22.6 Å². The largest absolute Gasteiger partial charge is 0.465 e. The van der Waals surface area contributed by atoms with Crippen molar-refractivity contribution in [1.29, 1.82) is 0 Å². The Labute approximate surface area is 293 Å². The minimum absolute atomic E-state index is 0.170. The quantitative estimate of drug-likeness (QED) is 0.0724. The van der Waals surface area contributed by atoms with E-state index >= 15 is 0 Å². The first-order chi connectivity index (χ1) is 22.0. The molecule has 6 nitrogen and oxygen atoms in total. The van der Waals surface area contributed by atoms with E-state index in [4.69, 9.17) is 51.1 Å². The molecule has 2 heterocycles. The first-order valence-corrected chi connectivity index (χ1v) is 17.7. The standard InChI is InChI=1S/C36H45Cl4N4O2/c1-7-11-18-43-31-23-27(39)25(37)21-29(31)41(9-3)33(43)16-13-12-14-17-34-42(10-4)30-22-26(38)28(40)24-32(30)44(34)19-15-20-46-35(45)36(5,6)8-2/h12-14,16-17,21-24H,7-11,15,18-20H2,1-6H3/q+1. The van der Waals surface area contributed by atoms with Gasteiger partial charge in [0.05, 0.1) is 56.6 Å². The molecule has 0 fully saturated rings. The van der Waals surface area contributed by atoms with Crippen LogP contribution >= 0.6 is 46.4 Å². The molecule has 1 aromatic heterocycles. The third-order valence-electron chi connectivity index (χ3n) is 8.58. The van der Waals surface area contributed by atoms with Crippen LogP contribution in [0.4, 0.5) is 11.4 Å². The van der Waals surface area contributed by atoms with Crippen LogP contribution in [0, 0.1) is 5.41 Å². The third kappa shape index (κ3) is 7.73. The zero-order chi connectivity index (χ0) is 33.6. The Morgan fingerprint density at radius 1 is 0.848 bits per heavy atom. The normalized spacial score (nSPS) is 14.5. The maximum absolute atomic E-state index is 12.5. The number of aryl methyl sites for hydroxylation is 2. The van der Waals surface area contributed by atoms with E-state index in [1.165, 1.54) is 0 Å². The molecule has 0 bridgehead atoms. The molecule has 0 atom stereocenters. The van der Waals surface area contributed by atoms with Crippen molar-refractivity contribution < 1.29 is 14.1 Å². The van der Waals surface area contributed by atoms with Gasteiger partial charge in [-0.3, -0.25) is 4.79 Å². The second-order valence-corrected chi connectivity index (χ2v) is 13.6. The summed E-state index contributed by atoms with van der Waals surface area (Å²) in [6, 6.07) is 7.75. The van der Waals surface area contributed by atoms with Gasteiger partial charge in [0.1, 0.15) is 5.82 Å². The van der Waals surface area contributed by atoms with Gasteiger partial charge in [-0.05, 0) is 58.7 Å². The van der Waals surface area contributed by atoms with Gasteiger partial charge in [-0.25, -0.2) is 9.13 Å². The molecule has 3 aromatic rings. The average molecular weight is 708 g/mol. The van der Waals surface area contributed by atoms with E-state index in [1.54, 1.807) is 0 Å². The number of hydrogen-bond acceptors (Lipinski definition) is 4. The fraction of sp³-hybridized carbons (Fsp3) is 0.444. The number of allylic oxidation sites excluding steroid dienone is 4. The molecule has 248 valence electrons. The van der Waals surface area contributed by atoms with Crippen LogP contribution in [0.15, 0.2) is 54.4 Å². The predicted octanol–water partition coefficient (Wildman–Crippen LogP) is 10.5. The molecule has 1 aliphatic heterocycles. The highest BCUT2D eigenvalue weighted by atomic mass is 35.5. The molecule has 4 rings (SSSR count). The van der Waals surface area contributed by atoms with Crippen LogP contribution in [0.25, 0.3) is 17.1 Å². The molecule has 0 unspecified atom stereocenters. The summed E-state index contributed by atoms with van der Waals surface area (Å²) in [4.78, 5) is 17.1. The highest BCUT2D eigenvalue weighted by molar-refractivity contribution is 6.43. The van der Waals surface area contributed by atoms with Gasteiger partial charge in [-0.1, -0.05) is 84.9 Å². The van der Waals surface area contributed by atoms with Crippen molar-refractivity contribution in [3.8, 4) is 0 Å². The summed E-state index contributed by atoms with van der Waals surface area (Å²) in [5.74, 6) is 1.93. The lowest BCUT2D eigenvalue weighted by molar-refractivity contribution is -0.674. The van der Waals surface area contributed by atoms with Gasteiger partial charge in [0.15, 0.2) is 11.0 Å². The number of benzene rings is 2. The number of anilines is 2. The Morgan fingerprint density at radius 2 is 1.50 bits per heavy atom. The van der Waals surface area contributed by atoms with Crippen LogP contribution in [0.1, 0.15) is 73.1 Å². The lowest BCUT2D eigenvalue weighted by Gasteiger charge is -2.24. The highest BCUT2D eigenvalue weighted by Gasteiger charge is 2.31. The third-order valence-corrected chi connectivity index (χ3v) is 10.0. The number of carbonyl (C=O) groups excluding carboxylic acids is 1. The fourth-order valence-electron chi connectivity index (χ4n) is 5.59. The van der Waals surface area contributed by atoms with Crippen molar-refractivity contribution >= 4 is 80.9 Å². The van der Waals surface area contributed by atoms with Crippen LogP contribution in [-0.4, -0.2) is 30.2 Å². The average Bonchev–Trinajstić information content (AvgIpc) is 3.47. The number of fused-ring (bicyclic) bond motifs is 2. The van der Waals surface area contributed by atoms with Gasteiger partial charge in [0, 0.05) is 37.7 Å². The number of nitrogens with zero attached hydrogens (tertiary/aromatic N) is 4. The Kier molecular flexibility index (Phi) is 12.6. The second kappa shape index (κ2) is 16.0. The van der Waals surface area contributed by atoms with Gasteiger partial charge in [-0.15, -0.1) is 0 Å². The van der Waals surface area contributed by atoms with Gasteiger partial charge < -0.3 is 14.5 Å². The molecule has 10 heteroatoms. The van der Waals surface area contributed by atoms with Crippen LogP contribution in [0.3, 0.4) is 0 Å². The molecule has 0 amide bonds. The smallest absolute Gasteiger partial charge is 0.311 e. The Bertz CT molecular complexity index is 1660. The van der Waals surface area contributed by atoms with Crippen LogP contribution in [0.2, 0.25) is 20.1 Å². The van der Waals surface area contributed by atoms with Gasteiger partial charge in [-0.2, -0.15) is 0 Å². The van der Waals surface area contributed by atoms with Crippen molar-refractivity contribution in [3.63, 3.8) is 0 Å². The van der Waals surface area contributed by atoms with E-state index in [-0.39, 0.29) is 5.97 Å². The lowest BCUT2D eigenvalue weighted by atomic mass is 9.91. The molecular formula is C36H45Cl4N4O2+. The minimum atomic E-state index is -0.492. The summed E-state index contributed by atoms with van der Waals surface area (Å²) in [6.45, 7) is 15.7. The molecule has 2 aromatic carbocycles. The topological polar surface area (TPSA) is 41.6 Å². The van der Waals surface area contributed by atoms with E-state index in [9.17, 15) is 4.79 Å². The summed E-state index contributed by atoms with van der Waals surface area (Å²) < 4.78 is 10.1. The number of ether oxygens (including phenoxy) is 1. The monoisotopic (exact) mass is 705 g/mol. The van der Waals surface area contributed by atoms with Crippen molar-refractivity contribution in [2.75, 3.05) is 29.5 Å². The first kappa shape index (κ1) is 36.2. The number of rotatable bonds is 14. The maximum Gasteiger partial charge on any atom is 0.311 e. The summed E-state index contributed by atoms with van der Waals surface area (Å²) in [7, 11) is 0. The summed E-state index contributed by atoms with van der Waals surface area (Å²) in [5, 5.41) is 2.13. The van der Waals surface area contributed by atoms with Crippen molar-refractivity contribution in [2.24, 2.45) is 5.41 Å². The predicted molar refractivity (Wildman–Crippen MR) is 195 cm³/mol. The molecule has 0 spiro atoms. The molecule has 0 aliphatic carbocycles. The molecule has 0 saturated carbocycles. The zero-order valence-electron chi connectivity index (χ0n) is 27.7. The number of halogens is 4. The van der Waals surface area contributed by atoms with Crippen molar-refractivity contribution in [1.82, 2.24) is 4.57 Å². The fourth-order valence-corrected chi connectivity index (χ4v) is 6.22. The number of esters is 1. The van der Waals surface area contributed by atoms with E-state index in [2.05, 4.69) is 57.9 Å². The molecule has 46 heavy (non-hydrogen) atoms. The van der Waals surface area contributed by atoms with Crippen molar-refractivity contribution in [2.45, 2.75) is 80.3 Å². The van der Waals surface area contributed by atoms with Crippen LogP contribution < -0.4 is 14.4 Å². The summed E-state index contributed by atoms with van der Waals surface area (Å²) in [6.07, 6.45) is 13.9. The van der Waals surface area contributed by atoms with E-state index < -0.39 is 5.41 Å². The molecule has 0 N–H and O–H groups in total. The zero-order valence-corrected chi connectivity index (χ0v) is 30.7. The summed E-state index contributed by atoms with van der Waals surface area (Å²) in [5.41, 5.74) is 3.63. The van der Waals surface area contributed by atoms with Crippen molar-refractivity contribution in [3.05, 3.63) is 80.3 Å². The second-order valence-electron chi connectivity index (χ2n) is 12.0. The summed E-state index contributed by atoms with van der Waals surface area (Å²) >= 11 is 25.8. The highest BCUT2D eigenvalue weighted by Crippen LogP contribution is 2.45. The molecule has 0 saturated heterocycles. The molecule has 0 radical (unpaired) electrons. The van der Waals surface area contributed by atoms with Gasteiger partial charge in [0.25, 0.3) is 5.82 Å². The minimum Gasteiger partial charge on any atom is -0.465 e. The van der Waals surface area contributed by atoms with E-state index in [1.807, 2.05) is 57.2 Å².